The molecule has 0 aromatic rings. The molecule has 9 atom stereocenters. The second-order valence-electron chi connectivity index (χ2n) is 11.3. The highest BCUT2D eigenvalue weighted by Crippen LogP contribution is 2.35. The first-order valence-corrected chi connectivity index (χ1v) is 13.9. The maximum Gasteiger partial charge on any atom is 0.330 e. The molecule has 0 aromatic heterocycles. The van der Waals surface area contributed by atoms with Crippen LogP contribution in [0.15, 0.2) is 48.6 Å². The second-order valence-corrected chi connectivity index (χ2v) is 11.3. The van der Waals surface area contributed by atoms with E-state index in [2.05, 4.69) is 25.7 Å². The molecule has 3 heterocycles. The fraction of sp³-hybridized carbons (Fsp3) is 0.700. The van der Waals surface area contributed by atoms with Crippen molar-refractivity contribution in [3.8, 4) is 0 Å². The zero-order valence-electron chi connectivity index (χ0n) is 21.7. The van der Waals surface area contributed by atoms with E-state index in [1.54, 1.807) is 12.2 Å². The van der Waals surface area contributed by atoms with E-state index in [9.17, 15) is 15.0 Å². The van der Waals surface area contributed by atoms with Gasteiger partial charge in [-0.1, -0.05) is 62.3 Å². The van der Waals surface area contributed by atoms with Crippen molar-refractivity contribution in [3.05, 3.63) is 48.6 Å². The average molecular weight is 501 g/mol. The van der Waals surface area contributed by atoms with Crippen LogP contribution in [0.4, 0.5) is 0 Å². The van der Waals surface area contributed by atoms with E-state index in [0.29, 0.717) is 31.1 Å². The van der Waals surface area contributed by atoms with Gasteiger partial charge in [0.2, 0.25) is 0 Å². The molecule has 2 fully saturated rings. The number of epoxide rings is 1. The van der Waals surface area contributed by atoms with Crippen molar-refractivity contribution in [1.82, 2.24) is 0 Å². The van der Waals surface area contributed by atoms with E-state index in [0.717, 1.165) is 44.1 Å². The van der Waals surface area contributed by atoms with Gasteiger partial charge in [-0.25, -0.2) is 4.79 Å². The number of ether oxygens (including phenoxy) is 3. The van der Waals surface area contributed by atoms with Crippen LogP contribution in [0.25, 0.3) is 0 Å². The Balaban J connectivity index is 1.42. The number of hydrogen-bond acceptors (Lipinski definition) is 6. The lowest BCUT2D eigenvalue weighted by atomic mass is 9.82. The first-order valence-electron chi connectivity index (χ1n) is 13.9. The van der Waals surface area contributed by atoms with E-state index in [4.69, 9.17) is 14.2 Å². The van der Waals surface area contributed by atoms with Gasteiger partial charge in [-0.2, -0.15) is 0 Å². The molecule has 0 amide bonds. The molecule has 36 heavy (non-hydrogen) atoms. The number of cyclic esters (lactones) is 1. The number of hydrogen-bond donors (Lipinski definition) is 2. The normalized spacial score (nSPS) is 40.5. The van der Waals surface area contributed by atoms with Gasteiger partial charge in [-0.05, 0) is 63.2 Å². The summed E-state index contributed by atoms with van der Waals surface area (Å²) < 4.78 is 17.6. The van der Waals surface area contributed by atoms with Crippen molar-refractivity contribution in [2.75, 3.05) is 0 Å². The molecule has 4 rings (SSSR count). The average Bonchev–Trinajstić information content (AvgIpc) is 3.61. The zero-order valence-corrected chi connectivity index (χ0v) is 21.7. The van der Waals surface area contributed by atoms with Crippen LogP contribution in [-0.4, -0.2) is 58.9 Å². The van der Waals surface area contributed by atoms with Gasteiger partial charge in [0.15, 0.2) is 0 Å². The van der Waals surface area contributed by atoms with Crippen molar-refractivity contribution in [3.63, 3.8) is 0 Å². The molecular weight excluding hydrogens is 456 g/mol. The number of fused-ring (bicyclic) bond motifs is 3. The van der Waals surface area contributed by atoms with Crippen molar-refractivity contribution >= 4 is 5.97 Å². The van der Waals surface area contributed by atoms with E-state index >= 15 is 0 Å². The van der Waals surface area contributed by atoms with E-state index in [1.807, 2.05) is 6.08 Å². The van der Waals surface area contributed by atoms with E-state index < -0.39 is 24.3 Å². The van der Waals surface area contributed by atoms with Gasteiger partial charge in [0.25, 0.3) is 0 Å². The molecule has 0 aromatic carbocycles. The molecule has 4 aliphatic rings. The Morgan fingerprint density at radius 1 is 1.11 bits per heavy atom. The van der Waals surface area contributed by atoms with Gasteiger partial charge in [-0.15, -0.1) is 0 Å². The lowest BCUT2D eigenvalue weighted by Gasteiger charge is -2.26. The number of rotatable bonds is 3. The van der Waals surface area contributed by atoms with Crippen molar-refractivity contribution < 1.29 is 29.2 Å². The van der Waals surface area contributed by atoms with Crippen LogP contribution in [0.5, 0.6) is 0 Å². The third kappa shape index (κ3) is 8.41. The van der Waals surface area contributed by atoms with Gasteiger partial charge in [0.1, 0.15) is 18.3 Å². The minimum atomic E-state index is -0.924. The molecular formula is C30H44O6. The maximum absolute atomic E-state index is 12.6. The molecule has 1 aliphatic carbocycles. The summed E-state index contributed by atoms with van der Waals surface area (Å²) in [5.74, 6) is 0.658. The van der Waals surface area contributed by atoms with Crippen LogP contribution in [0.3, 0.4) is 0 Å². The van der Waals surface area contributed by atoms with Crippen LogP contribution in [0, 0.1) is 11.8 Å². The number of esters is 1. The molecule has 1 saturated heterocycles. The molecule has 2 N–H and O–H groups in total. The van der Waals surface area contributed by atoms with Crippen LogP contribution >= 0.6 is 0 Å². The number of aliphatic hydroxyl groups excluding tert-OH is 2. The molecule has 6 nitrogen and oxygen atoms in total. The van der Waals surface area contributed by atoms with Gasteiger partial charge in [-0.3, -0.25) is 0 Å². The Morgan fingerprint density at radius 2 is 1.97 bits per heavy atom. The summed E-state index contributed by atoms with van der Waals surface area (Å²) in [6, 6.07) is 0. The highest BCUT2D eigenvalue weighted by molar-refractivity contribution is 5.82. The number of carbonyl (C=O) groups is 1. The predicted molar refractivity (Wildman–Crippen MR) is 139 cm³/mol. The quantitative estimate of drug-likeness (QED) is 0.324. The van der Waals surface area contributed by atoms with Crippen LogP contribution in [0.1, 0.15) is 77.6 Å². The zero-order chi connectivity index (χ0) is 25.5. The Bertz CT molecular complexity index is 831. The molecule has 2 bridgehead atoms. The Kier molecular flexibility index (Phi) is 10.00. The Morgan fingerprint density at radius 3 is 2.81 bits per heavy atom. The topological polar surface area (TPSA) is 88.5 Å². The fourth-order valence-electron chi connectivity index (χ4n) is 5.85. The van der Waals surface area contributed by atoms with Gasteiger partial charge in [0, 0.05) is 12.5 Å². The molecule has 6 heteroatoms. The summed E-state index contributed by atoms with van der Waals surface area (Å²) in [5, 5.41) is 21.6. The highest BCUT2D eigenvalue weighted by atomic mass is 16.6. The first-order chi connectivity index (χ1) is 17.4. The van der Waals surface area contributed by atoms with Gasteiger partial charge < -0.3 is 24.4 Å². The molecule has 0 spiro atoms. The van der Waals surface area contributed by atoms with Gasteiger partial charge >= 0.3 is 5.97 Å². The maximum atomic E-state index is 12.6. The van der Waals surface area contributed by atoms with Crippen LogP contribution in [-0.2, 0) is 19.0 Å². The SMILES string of the molecule is C=C1CCC[C@@H]2CC=C[C@@H](C/C=C\C(=O)OC([C@@H](O)/C=C/C3CCCC(C)C3)C[C@@H]3O[C@H]3[C@@H](O)C1)O2. The predicted octanol–water partition coefficient (Wildman–Crippen LogP) is 4.95. The summed E-state index contributed by atoms with van der Waals surface area (Å²) in [4.78, 5) is 12.6. The highest BCUT2D eigenvalue weighted by Gasteiger charge is 2.46. The fourth-order valence-corrected chi connectivity index (χ4v) is 5.85. The molecule has 3 aliphatic heterocycles. The smallest absolute Gasteiger partial charge is 0.330 e. The third-order valence-corrected chi connectivity index (χ3v) is 7.96. The lowest BCUT2D eigenvalue weighted by molar-refractivity contribution is -0.148. The van der Waals surface area contributed by atoms with Crippen molar-refractivity contribution in [2.45, 2.75) is 120 Å². The summed E-state index contributed by atoms with van der Waals surface area (Å²) in [5.41, 5.74) is 1.01. The molecule has 1 saturated carbocycles. The molecule has 0 radical (unpaired) electrons. The Hall–Kier alpha value is -1.73. The van der Waals surface area contributed by atoms with Crippen molar-refractivity contribution in [2.24, 2.45) is 11.8 Å². The largest absolute Gasteiger partial charge is 0.456 e. The second kappa shape index (κ2) is 13.2. The minimum Gasteiger partial charge on any atom is -0.456 e. The first kappa shape index (κ1) is 27.3. The standard InChI is InChI=1S/C30H44O6/c1-20-7-3-9-22(17-20)15-16-25(31)27-19-28-30(36-28)26(32)18-21(2)8-4-10-23-11-5-12-24(34-23)13-6-14-29(33)35-27/h5-6,12,14-16,20,22-28,30-32H,2-4,7-11,13,17-19H2,1H3/b14-6-,16-15+/t20?,22?,23-,24+,25+,26+,27?,28+,30+/m1/s1. The van der Waals surface area contributed by atoms with Crippen molar-refractivity contribution in [1.29, 1.82) is 0 Å². The molecule has 200 valence electrons. The summed E-state index contributed by atoms with van der Waals surface area (Å²) in [6.07, 6.45) is 18.3. The van der Waals surface area contributed by atoms with Crippen LogP contribution in [0.2, 0.25) is 0 Å². The van der Waals surface area contributed by atoms with Gasteiger partial charge in [0.05, 0.1) is 24.4 Å². The monoisotopic (exact) mass is 500 g/mol. The van der Waals surface area contributed by atoms with E-state index in [-0.39, 0.29) is 24.4 Å². The minimum absolute atomic E-state index is 0.0560. The Labute approximate surface area is 216 Å². The number of carbonyl (C=O) groups excluding carboxylic acids is 1. The van der Waals surface area contributed by atoms with E-state index in [1.165, 1.54) is 18.9 Å². The summed E-state index contributed by atoms with van der Waals surface area (Å²) in [6.45, 7) is 6.43. The summed E-state index contributed by atoms with van der Waals surface area (Å²) in [7, 11) is 0. The van der Waals surface area contributed by atoms with Crippen LogP contribution < -0.4 is 0 Å². The lowest BCUT2D eigenvalue weighted by Crippen LogP contribution is -2.32. The number of allylic oxidation sites excluding steroid dienone is 1. The molecule has 3 unspecified atom stereocenters. The summed E-state index contributed by atoms with van der Waals surface area (Å²) >= 11 is 0. The number of aliphatic hydroxyl groups is 2. The third-order valence-electron chi connectivity index (χ3n) is 7.96.